The van der Waals surface area contributed by atoms with E-state index >= 15 is 0 Å². The van der Waals surface area contributed by atoms with Crippen LogP contribution in [-0.4, -0.2) is 23.4 Å². The van der Waals surface area contributed by atoms with Crippen molar-refractivity contribution in [2.45, 2.75) is 25.3 Å². The monoisotopic (exact) mass is 248 g/mol. The van der Waals surface area contributed by atoms with Crippen molar-refractivity contribution in [2.75, 3.05) is 6.54 Å². The average molecular weight is 249 g/mol. The van der Waals surface area contributed by atoms with Gasteiger partial charge in [-0.25, -0.2) is 0 Å². The minimum Gasteiger partial charge on any atom is -0.323 e. The average Bonchev–Trinajstić information content (AvgIpc) is 2.38. The Kier molecular flexibility index (Phi) is 3.65. The molecule has 0 N–H and O–H groups in total. The standard InChI is InChI=1S/C13H13ClN2O/c14-11-5-3-4-10(8-11)13(17)16-7-2-1-6-12(16)9-15/h3-5,8,12H,1-2,6-7H2. The van der Waals surface area contributed by atoms with Crippen LogP contribution >= 0.6 is 11.6 Å². The van der Waals surface area contributed by atoms with E-state index < -0.39 is 0 Å². The van der Waals surface area contributed by atoms with Gasteiger partial charge >= 0.3 is 0 Å². The number of nitriles is 1. The molecule has 0 radical (unpaired) electrons. The van der Waals surface area contributed by atoms with Crippen LogP contribution in [0.5, 0.6) is 0 Å². The van der Waals surface area contributed by atoms with E-state index in [-0.39, 0.29) is 11.9 Å². The lowest BCUT2D eigenvalue weighted by molar-refractivity contribution is 0.0670. The number of piperidine rings is 1. The molecule has 88 valence electrons. The highest BCUT2D eigenvalue weighted by molar-refractivity contribution is 6.30. The van der Waals surface area contributed by atoms with Gasteiger partial charge in [0.05, 0.1) is 6.07 Å². The van der Waals surface area contributed by atoms with Gasteiger partial charge in [-0.15, -0.1) is 0 Å². The Morgan fingerprint density at radius 2 is 2.29 bits per heavy atom. The zero-order valence-corrected chi connectivity index (χ0v) is 10.2. The molecule has 1 atom stereocenters. The summed E-state index contributed by atoms with van der Waals surface area (Å²) in [5.41, 5.74) is 0.555. The molecule has 3 nitrogen and oxygen atoms in total. The van der Waals surface area contributed by atoms with Gasteiger partial charge in [0, 0.05) is 17.1 Å². The third kappa shape index (κ3) is 2.59. The maximum absolute atomic E-state index is 12.2. The molecule has 0 aliphatic carbocycles. The molecule has 0 bridgehead atoms. The maximum Gasteiger partial charge on any atom is 0.254 e. The highest BCUT2D eigenvalue weighted by Gasteiger charge is 2.27. The lowest BCUT2D eigenvalue weighted by Crippen LogP contribution is -2.42. The number of carbonyl (C=O) groups excluding carboxylic acids is 1. The Morgan fingerprint density at radius 3 is 3.00 bits per heavy atom. The van der Waals surface area contributed by atoms with E-state index in [0.29, 0.717) is 17.1 Å². The zero-order valence-electron chi connectivity index (χ0n) is 9.40. The quantitative estimate of drug-likeness (QED) is 0.767. The molecule has 1 aliphatic rings. The summed E-state index contributed by atoms with van der Waals surface area (Å²) in [7, 11) is 0. The summed E-state index contributed by atoms with van der Waals surface area (Å²) in [6.07, 6.45) is 2.74. The first-order chi connectivity index (χ1) is 8.22. The Bertz CT molecular complexity index is 467. The van der Waals surface area contributed by atoms with E-state index in [1.165, 1.54) is 0 Å². The molecule has 0 aromatic heterocycles. The predicted molar refractivity (Wildman–Crippen MR) is 65.7 cm³/mol. The van der Waals surface area contributed by atoms with Crippen molar-refractivity contribution in [2.24, 2.45) is 0 Å². The molecule has 1 unspecified atom stereocenters. The highest BCUT2D eigenvalue weighted by Crippen LogP contribution is 2.20. The number of amides is 1. The molecule has 1 saturated heterocycles. The molecule has 0 saturated carbocycles. The molecule has 4 heteroatoms. The minimum atomic E-state index is -0.296. The summed E-state index contributed by atoms with van der Waals surface area (Å²) < 4.78 is 0. The van der Waals surface area contributed by atoms with Crippen LogP contribution in [0.3, 0.4) is 0 Å². The molecular formula is C13H13ClN2O. The fourth-order valence-electron chi connectivity index (χ4n) is 2.10. The Hall–Kier alpha value is -1.53. The lowest BCUT2D eigenvalue weighted by Gasteiger charge is -2.31. The second-order valence-corrected chi connectivity index (χ2v) is 4.59. The van der Waals surface area contributed by atoms with Gasteiger partial charge in [-0.05, 0) is 37.5 Å². The second kappa shape index (κ2) is 5.20. The number of benzene rings is 1. The van der Waals surface area contributed by atoms with Crippen LogP contribution in [0.2, 0.25) is 5.02 Å². The fraction of sp³-hybridized carbons (Fsp3) is 0.385. The van der Waals surface area contributed by atoms with Crippen LogP contribution < -0.4 is 0 Å². The molecule has 1 aromatic carbocycles. The first-order valence-corrected chi connectivity index (χ1v) is 6.06. The SMILES string of the molecule is N#CC1CCCCN1C(=O)c1cccc(Cl)c1. The van der Waals surface area contributed by atoms with Crippen LogP contribution in [0.25, 0.3) is 0 Å². The largest absolute Gasteiger partial charge is 0.323 e. The summed E-state index contributed by atoms with van der Waals surface area (Å²) in [6, 6.07) is 8.76. The first-order valence-electron chi connectivity index (χ1n) is 5.68. The van der Waals surface area contributed by atoms with Crippen LogP contribution in [0.15, 0.2) is 24.3 Å². The summed E-state index contributed by atoms with van der Waals surface area (Å²) in [6.45, 7) is 0.656. The molecular weight excluding hydrogens is 236 g/mol. The van der Waals surface area contributed by atoms with E-state index in [1.807, 2.05) is 0 Å². The number of nitrogens with zero attached hydrogens (tertiary/aromatic N) is 2. The molecule has 2 rings (SSSR count). The topological polar surface area (TPSA) is 44.1 Å². The van der Waals surface area contributed by atoms with Gasteiger partial charge in [-0.3, -0.25) is 4.79 Å². The van der Waals surface area contributed by atoms with Crippen molar-refractivity contribution in [1.82, 2.24) is 4.90 Å². The van der Waals surface area contributed by atoms with Crippen LogP contribution in [-0.2, 0) is 0 Å². The van der Waals surface area contributed by atoms with Gasteiger partial charge < -0.3 is 4.90 Å². The van der Waals surface area contributed by atoms with E-state index in [4.69, 9.17) is 16.9 Å². The van der Waals surface area contributed by atoms with Crippen LogP contribution in [0.1, 0.15) is 29.6 Å². The Morgan fingerprint density at radius 1 is 1.47 bits per heavy atom. The summed E-state index contributed by atoms with van der Waals surface area (Å²) >= 11 is 5.86. The van der Waals surface area contributed by atoms with E-state index in [0.717, 1.165) is 19.3 Å². The third-order valence-corrected chi connectivity index (χ3v) is 3.22. The van der Waals surface area contributed by atoms with E-state index in [9.17, 15) is 4.79 Å². The molecule has 17 heavy (non-hydrogen) atoms. The number of halogens is 1. The Balaban J connectivity index is 2.22. The minimum absolute atomic E-state index is 0.0984. The molecule has 1 heterocycles. The third-order valence-electron chi connectivity index (χ3n) is 2.98. The number of carbonyl (C=O) groups is 1. The van der Waals surface area contributed by atoms with Crippen molar-refractivity contribution in [1.29, 1.82) is 5.26 Å². The van der Waals surface area contributed by atoms with Gasteiger partial charge in [-0.1, -0.05) is 17.7 Å². The van der Waals surface area contributed by atoms with Crippen LogP contribution in [0, 0.1) is 11.3 Å². The van der Waals surface area contributed by atoms with Gasteiger partial charge in [0.2, 0.25) is 0 Å². The molecule has 1 aromatic rings. The predicted octanol–water partition coefficient (Wildman–Crippen LogP) is 2.86. The highest BCUT2D eigenvalue weighted by atomic mass is 35.5. The molecule has 1 amide bonds. The fourth-order valence-corrected chi connectivity index (χ4v) is 2.29. The lowest BCUT2D eigenvalue weighted by atomic mass is 10.0. The second-order valence-electron chi connectivity index (χ2n) is 4.15. The zero-order chi connectivity index (χ0) is 12.3. The maximum atomic E-state index is 12.2. The van der Waals surface area contributed by atoms with Crippen molar-refractivity contribution in [3.63, 3.8) is 0 Å². The number of likely N-dealkylation sites (tertiary alicyclic amines) is 1. The van der Waals surface area contributed by atoms with E-state index in [1.54, 1.807) is 29.2 Å². The molecule has 0 spiro atoms. The normalized spacial score (nSPS) is 19.8. The van der Waals surface area contributed by atoms with Crippen molar-refractivity contribution >= 4 is 17.5 Å². The van der Waals surface area contributed by atoms with Crippen molar-refractivity contribution in [3.8, 4) is 6.07 Å². The van der Waals surface area contributed by atoms with Crippen molar-refractivity contribution < 1.29 is 4.79 Å². The van der Waals surface area contributed by atoms with Gasteiger partial charge in [0.25, 0.3) is 5.91 Å². The molecule has 1 fully saturated rings. The van der Waals surface area contributed by atoms with Crippen molar-refractivity contribution in [3.05, 3.63) is 34.9 Å². The van der Waals surface area contributed by atoms with Gasteiger partial charge in [0.1, 0.15) is 6.04 Å². The summed E-state index contributed by atoms with van der Waals surface area (Å²) in [4.78, 5) is 13.9. The first kappa shape index (κ1) is 11.9. The number of hydrogen-bond donors (Lipinski definition) is 0. The smallest absolute Gasteiger partial charge is 0.254 e. The van der Waals surface area contributed by atoms with E-state index in [2.05, 4.69) is 6.07 Å². The number of hydrogen-bond acceptors (Lipinski definition) is 2. The summed E-state index contributed by atoms with van der Waals surface area (Å²) in [5.74, 6) is -0.0984. The van der Waals surface area contributed by atoms with Crippen LogP contribution in [0.4, 0.5) is 0 Å². The molecule has 1 aliphatic heterocycles. The summed E-state index contributed by atoms with van der Waals surface area (Å²) in [5, 5.41) is 9.58. The Labute approximate surface area is 106 Å². The number of rotatable bonds is 1. The van der Waals surface area contributed by atoms with Gasteiger partial charge in [0.15, 0.2) is 0 Å². The van der Waals surface area contributed by atoms with Gasteiger partial charge in [-0.2, -0.15) is 5.26 Å².